The van der Waals surface area contributed by atoms with E-state index in [-0.39, 0.29) is 0 Å². The number of ketones is 1. The van der Waals surface area contributed by atoms with Crippen LogP contribution in [0.1, 0.15) is 0 Å². The summed E-state index contributed by atoms with van der Waals surface area (Å²) in [4.78, 5) is 10.1. The predicted octanol–water partition coefficient (Wildman–Crippen LogP) is 3.47. The Hall–Kier alpha value is -1.29. The van der Waals surface area contributed by atoms with Crippen molar-refractivity contribution >= 4 is 5.78 Å². The number of rotatable bonds is 3. The summed E-state index contributed by atoms with van der Waals surface area (Å²) in [5, 5.41) is 0. The standard InChI is InChI=1S/C6F10O/c7-1(3(8)9)2(17)4(10,11)5(12,13)6(14,15)16. The Bertz CT molecular complexity index is 346. The van der Waals surface area contributed by atoms with Gasteiger partial charge in [-0.2, -0.15) is 43.9 Å². The summed E-state index contributed by atoms with van der Waals surface area (Å²) in [6.07, 6.45) is -10.6. The van der Waals surface area contributed by atoms with E-state index in [0.717, 1.165) is 0 Å². The van der Waals surface area contributed by atoms with E-state index in [2.05, 4.69) is 0 Å². The Labute approximate surface area is 85.7 Å². The number of allylic oxidation sites excluding steroid dienone is 1. The maximum Gasteiger partial charge on any atom is 0.460 e. The highest BCUT2D eigenvalue weighted by molar-refractivity contribution is 5.99. The Kier molecular flexibility index (Phi) is 3.87. The quantitative estimate of drug-likeness (QED) is 0.570. The molecule has 0 fully saturated rings. The first-order valence-electron chi connectivity index (χ1n) is 3.34. The lowest BCUT2D eigenvalue weighted by atomic mass is 10.1. The number of carbonyl (C=O) groups is 1. The predicted molar refractivity (Wildman–Crippen MR) is 31.3 cm³/mol. The molecule has 0 aliphatic rings. The van der Waals surface area contributed by atoms with Gasteiger partial charge in [-0.15, -0.1) is 0 Å². The fourth-order valence-corrected chi connectivity index (χ4v) is 0.544. The molecule has 0 amide bonds. The van der Waals surface area contributed by atoms with E-state index < -0.39 is 35.7 Å². The molecule has 0 aromatic carbocycles. The molecule has 0 aliphatic carbocycles. The fourth-order valence-electron chi connectivity index (χ4n) is 0.544. The lowest BCUT2D eigenvalue weighted by Crippen LogP contribution is -2.56. The summed E-state index contributed by atoms with van der Waals surface area (Å²) in [6, 6.07) is 0. The molecule has 11 heteroatoms. The molecule has 17 heavy (non-hydrogen) atoms. The zero-order chi connectivity index (χ0) is 14.2. The molecule has 0 unspecified atom stereocenters. The molecule has 0 aliphatic heterocycles. The minimum Gasteiger partial charge on any atom is -0.284 e. The maximum absolute atomic E-state index is 12.3. The number of Topliss-reactive ketones (excluding diaryl/α,β-unsaturated/α-hetero) is 1. The van der Waals surface area contributed by atoms with Crippen LogP contribution < -0.4 is 0 Å². The van der Waals surface area contributed by atoms with Gasteiger partial charge in [0.1, 0.15) is 0 Å². The van der Waals surface area contributed by atoms with Gasteiger partial charge in [0.15, 0.2) is 0 Å². The Morgan fingerprint density at radius 2 is 1.12 bits per heavy atom. The van der Waals surface area contributed by atoms with E-state index in [1.807, 2.05) is 0 Å². The van der Waals surface area contributed by atoms with E-state index in [9.17, 15) is 48.7 Å². The van der Waals surface area contributed by atoms with Crippen LogP contribution in [-0.4, -0.2) is 23.8 Å². The van der Waals surface area contributed by atoms with E-state index in [0.29, 0.717) is 0 Å². The second-order valence-electron chi connectivity index (χ2n) is 2.55. The van der Waals surface area contributed by atoms with Crippen molar-refractivity contribution < 1.29 is 48.7 Å². The van der Waals surface area contributed by atoms with E-state index in [1.54, 1.807) is 0 Å². The zero-order valence-electron chi connectivity index (χ0n) is 7.19. The van der Waals surface area contributed by atoms with Gasteiger partial charge < -0.3 is 0 Å². The van der Waals surface area contributed by atoms with Crippen LogP contribution in [0.5, 0.6) is 0 Å². The summed E-state index contributed by atoms with van der Waals surface area (Å²) in [7, 11) is 0. The van der Waals surface area contributed by atoms with Crippen molar-refractivity contribution in [3.8, 4) is 0 Å². The van der Waals surface area contributed by atoms with Gasteiger partial charge in [-0.25, -0.2) is 0 Å². The molecule has 0 radical (unpaired) electrons. The molecular weight excluding hydrogens is 278 g/mol. The first kappa shape index (κ1) is 15.7. The van der Waals surface area contributed by atoms with Crippen LogP contribution in [0, 0.1) is 0 Å². The van der Waals surface area contributed by atoms with Gasteiger partial charge in [0.2, 0.25) is 5.83 Å². The van der Waals surface area contributed by atoms with Crippen LogP contribution in [-0.2, 0) is 4.79 Å². The highest BCUT2D eigenvalue weighted by atomic mass is 19.4. The number of alkyl halides is 7. The van der Waals surface area contributed by atoms with Crippen LogP contribution >= 0.6 is 0 Å². The number of hydrogen-bond donors (Lipinski definition) is 0. The molecule has 0 N–H and O–H groups in total. The maximum atomic E-state index is 12.3. The molecule has 0 saturated heterocycles. The van der Waals surface area contributed by atoms with Crippen molar-refractivity contribution in [3.63, 3.8) is 0 Å². The van der Waals surface area contributed by atoms with Gasteiger partial charge in [0, 0.05) is 0 Å². The summed E-state index contributed by atoms with van der Waals surface area (Å²) in [6.45, 7) is 0. The van der Waals surface area contributed by atoms with Gasteiger partial charge in [-0.3, -0.25) is 4.79 Å². The first-order valence-corrected chi connectivity index (χ1v) is 3.34. The minimum absolute atomic E-state index is 3.65. The van der Waals surface area contributed by atoms with Crippen molar-refractivity contribution in [1.82, 2.24) is 0 Å². The normalized spacial score (nSPS) is 13.5. The van der Waals surface area contributed by atoms with Crippen LogP contribution in [0.2, 0.25) is 0 Å². The van der Waals surface area contributed by atoms with Crippen molar-refractivity contribution in [1.29, 1.82) is 0 Å². The Balaban J connectivity index is 5.59. The SMILES string of the molecule is O=C(C(F)=C(F)F)C(F)(F)C(F)(F)C(F)(F)F. The second-order valence-corrected chi connectivity index (χ2v) is 2.55. The van der Waals surface area contributed by atoms with Crippen molar-refractivity contribution in [3.05, 3.63) is 11.9 Å². The van der Waals surface area contributed by atoms with Crippen LogP contribution in [0.4, 0.5) is 43.9 Å². The third kappa shape index (κ3) is 2.52. The van der Waals surface area contributed by atoms with Crippen molar-refractivity contribution in [2.75, 3.05) is 0 Å². The van der Waals surface area contributed by atoms with Gasteiger partial charge in [-0.05, 0) is 0 Å². The van der Waals surface area contributed by atoms with Gasteiger partial charge in [-0.1, -0.05) is 0 Å². The molecular formula is C6F10O. The lowest BCUT2D eigenvalue weighted by Gasteiger charge is -2.26. The average molecular weight is 278 g/mol. The molecule has 1 nitrogen and oxygen atoms in total. The topological polar surface area (TPSA) is 17.1 Å². The highest BCUT2D eigenvalue weighted by Crippen LogP contribution is 2.48. The zero-order valence-corrected chi connectivity index (χ0v) is 7.19. The number of halogens is 10. The molecule has 100 valence electrons. The molecule has 0 atom stereocenters. The van der Waals surface area contributed by atoms with Crippen LogP contribution in [0.25, 0.3) is 0 Å². The molecule has 0 heterocycles. The van der Waals surface area contributed by atoms with Gasteiger partial charge in [0.25, 0.3) is 5.78 Å². The van der Waals surface area contributed by atoms with Crippen LogP contribution in [0.3, 0.4) is 0 Å². The van der Waals surface area contributed by atoms with E-state index in [1.165, 1.54) is 0 Å². The number of carbonyl (C=O) groups excluding carboxylic acids is 1. The van der Waals surface area contributed by atoms with Gasteiger partial charge in [0.05, 0.1) is 0 Å². The molecule has 0 aromatic rings. The van der Waals surface area contributed by atoms with Crippen LogP contribution in [0.15, 0.2) is 11.9 Å². The molecule has 0 rings (SSSR count). The van der Waals surface area contributed by atoms with Crippen molar-refractivity contribution in [2.24, 2.45) is 0 Å². The molecule has 0 saturated carbocycles. The smallest absolute Gasteiger partial charge is 0.284 e. The number of hydrogen-bond acceptors (Lipinski definition) is 1. The summed E-state index contributed by atoms with van der Waals surface area (Å²) in [5.74, 6) is -21.2. The third-order valence-electron chi connectivity index (χ3n) is 1.40. The highest BCUT2D eigenvalue weighted by Gasteiger charge is 2.76. The minimum atomic E-state index is -6.97. The Morgan fingerprint density at radius 1 is 0.765 bits per heavy atom. The monoisotopic (exact) mass is 278 g/mol. The third-order valence-corrected chi connectivity index (χ3v) is 1.40. The Morgan fingerprint density at radius 3 is 1.35 bits per heavy atom. The molecule has 0 bridgehead atoms. The molecule has 0 spiro atoms. The second kappa shape index (κ2) is 4.18. The van der Waals surface area contributed by atoms with E-state index in [4.69, 9.17) is 0 Å². The van der Waals surface area contributed by atoms with Crippen molar-refractivity contribution in [2.45, 2.75) is 18.0 Å². The fraction of sp³-hybridized carbons (Fsp3) is 0.500. The van der Waals surface area contributed by atoms with E-state index >= 15 is 0 Å². The summed E-state index contributed by atoms with van der Waals surface area (Å²) < 4.78 is 118. The van der Waals surface area contributed by atoms with Gasteiger partial charge >= 0.3 is 24.1 Å². The summed E-state index contributed by atoms with van der Waals surface area (Å²) in [5.41, 5.74) is 0. The lowest BCUT2D eigenvalue weighted by molar-refractivity contribution is -0.343. The first-order chi connectivity index (χ1) is 7.26. The molecule has 0 aromatic heterocycles. The summed E-state index contributed by atoms with van der Waals surface area (Å²) >= 11 is 0. The largest absolute Gasteiger partial charge is 0.460 e. The average Bonchev–Trinajstić information content (AvgIpc) is 2.13.